The second kappa shape index (κ2) is 8.14. The number of ether oxygens (including phenoxy) is 2. The fourth-order valence-electron chi connectivity index (χ4n) is 1.78. The van der Waals surface area contributed by atoms with E-state index in [4.69, 9.17) is 9.47 Å². The number of carbonyl (C=O) groups excluding carboxylic acids is 2. The minimum atomic E-state index is -0.660. The predicted octanol–water partition coefficient (Wildman–Crippen LogP) is 1.40. The van der Waals surface area contributed by atoms with Gasteiger partial charge in [0.1, 0.15) is 6.04 Å². The van der Waals surface area contributed by atoms with Crippen LogP contribution in [0.4, 0.5) is 0 Å². The SMILES string of the molecule is CCOC(=O)C(C)NC(=O)CCc1ccc(O)c(OC)c1. The lowest BCUT2D eigenvalue weighted by molar-refractivity contribution is -0.146. The molecule has 1 aromatic rings. The number of benzene rings is 1. The van der Waals surface area contributed by atoms with Crippen LogP contribution in [0.1, 0.15) is 25.8 Å². The number of phenolic OH excluding ortho intramolecular Hbond substituents is 1. The number of aryl methyl sites for hydroxylation is 1. The minimum absolute atomic E-state index is 0.0571. The molecule has 1 atom stereocenters. The van der Waals surface area contributed by atoms with Crippen molar-refractivity contribution in [3.63, 3.8) is 0 Å². The number of hydrogen-bond donors (Lipinski definition) is 2. The van der Waals surface area contributed by atoms with Gasteiger partial charge in [0.2, 0.25) is 5.91 Å². The Bertz CT molecular complexity index is 501. The molecule has 0 heterocycles. The van der Waals surface area contributed by atoms with Crippen molar-refractivity contribution in [2.24, 2.45) is 0 Å². The molecule has 1 aromatic carbocycles. The molecule has 116 valence electrons. The summed E-state index contributed by atoms with van der Waals surface area (Å²) in [5.41, 5.74) is 0.864. The van der Waals surface area contributed by atoms with E-state index in [2.05, 4.69) is 5.32 Å². The Hall–Kier alpha value is -2.24. The Morgan fingerprint density at radius 1 is 1.38 bits per heavy atom. The van der Waals surface area contributed by atoms with Gasteiger partial charge in [-0.25, -0.2) is 4.79 Å². The van der Waals surface area contributed by atoms with Crippen molar-refractivity contribution in [1.29, 1.82) is 0 Å². The van der Waals surface area contributed by atoms with Crippen LogP contribution < -0.4 is 10.1 Å². The molecule has 0 spiro atoms. The summed E-state index contributed by atoms with van der Waals surface area (Å²) in [6.07, 6.45) is 0.718. The average molecular weight is 295 g/mol. The molecule has 6 nitrogen and oxygen atoms in total. The van der Waals surface area contributed by atoms with Crippen LogP contribution in [0.15, 0.2) is 18.2 Å². The molecule has 0 aliphatic carbocycles. The van der Waals surface area contributed by atoms with Gasteiger partial charge < -0.3 is 19.9 Å². The highest BCUT2D eigenvalue weighted by molar-refractivity contribution is 5.84. The second-order valence-electron chi connectivity index (χ2n) is 4.55. The highest BCUT2D eigenvalue weighted by atomic mass is 16.5. The summed E-state index contributed by atoms with van der Waals surface area (Å²) in [6, 6.07) is 4.26. The Kier molecular flexibility index (Phi) is 6.52. The van der Waals surface area contributed by atoms with E-state index in [1.54, 1.807) is 26.0 Å². The van der Waals surface area contributed by atoms with Crippen LogP contribution in [0.2, 0.25) is 0 Å². The first-order valence-corrected chi connectivity index (χ1v) is 6.79. The summed E-state index contributed by atoms with van der Waals surface area (Å²) in [7, 11) is 1.46. The maximum atomic E-state index is 11.8. The van der Waals surface area contributed by atoms with E-state index >= 15 is 0 Å². The number of aromatic hydroxyl groups is 1. The zero-order valence-electron chi connectivity index (χ0n) is 12.5. The first kappa shape index (κ1) is 16.8. The lowest BCUT2D eigenvalue weighted by atomic mass is 10.1. The molecule has 0 aromatic heterocycles. The molecule has 0 saturated carbocycles. The zero-order valence-corrected chi connectivity index (χ0v) is 12.5. The van der Waals surface area contributed by atoms with Gasteiger partial charge in [-0.2, -0.15) is 0 Å². The molecule has 1 rings (SSSR count). The zero-order chi connectivity index (χ0) is 15.8. The molecule has 0 radical (unpaired) electrons. The lowest BCUT2D eigenvalue weighted by Crippen LogP contribution is -2.39. The van der Waals surface area contributed by atoms with E-state index < -0.39 is 12.0 Å². The van der Waals surface area contributed by atoms with E-state index in [1.807, 2.05) is 0 Å². The van der Waals surface area contributed by atoms with Crippen LogP contribution in [0.3, 0.4) is 0 Å². The minimum Gasteiger partial charge on any atom is -0.504 e. The van der Waals surface area contributed by atoms with Crippen molar-refractivity contribution in [3.8, 4) is 11.5 Å². The van der Waals surface area contributed by atoms with E-state index in [0.29, 0.717) is 12.2 Å². The second-order valence-corrected chi connectivity index (χ2v) is 4.55. The summed E-state index contributed by atoms with van der Waals surface area (Å²) in [6.45, 7) is 3.58. The van der Waals surface area contributed by atoms with Gasteiger partial charge in [0.25, 0.3) is 0 Å². The fraction of sp³-hybridized carbons (Fsp3) is 0.467. The average Bonchev–Trinajstić information content (AvgIpc) is 2.46. The Balaban J connectivity index is 2.48. The molecular formula is C15H21NO5. The summed E-state index contributed by atoms with van der Waals surface area (Å²) < 4.78 is 9.82. The Morgan fingerprint density at radius 2 is 2.10 bits per heavy atom. The number of phenols is 1. The van der Waals surface area contributed by atoms with Crippen molar-refractivity contribution in [3.05, 3.63) is 23.8 Å². The van der Waals surface area contributed by atoms with Gasteiger partial charge in [-0.3, -0.25) is 4.79 Å². The fourth-order valence-corrected chi connectivity index (χ4v) is 1.78. The van der Waals surface area contributed by atoms with Crippen LogP contribution in [0.25, 0.3) is 0 Å². The molecule has 0 fully saturated rings. The maximum Gasteiger partial charge on any atom is 0.328 e. The number of carbonyl (C=O) groups is 2. The van der Waals surface area contributed by atoms with Crippen LogP contribution in [-0.2, 0) is 20.7 Å². The molecule has 1 unspecified atom stereocenters. The lowest BCUT2D eigenvalue weighted by Gasteiger charge is -2.12. The number of hydrogen-bond acceptors (Lipinski definition) is 5. The van der Waals surface area contributed by atoms with Crippen LogP contribution in [-0.4, -0.2) is 36.7 Å². The first-order chi connectivity index (χ1) is 9.97. The number of rotatable bonds is 7. The van der Waals surface area contributed by atoms with Gasteiger partial charge in [-0.15, -0.1) is 0 Å². The van der Waals surface area contributed by atoms with Crippen molar-refractivity contribution in [2.75, 3.05) is 13.7 Å². The van der Waals surface area contributed by atoms with Crippen molar-refractivity contribution in [1.82, 2.24) is 5.32 Å². The topological polar surface area (TPSA) is 84.9 Å². The molecule has 0 bridgehead atoms. The molecule has 1 amide bonds. The maximum absolute atomic E-state index is 11.8. The van der Waals surface area contributed by atoms with Crippen molar-refractivity contribution in [2.45, 2.75) is 32.7 Å². The van der Waals surface area contributed by atoms with Gasteiger partial charge >= 0.3 is 5.97 Å². The third-order valence-electron chi connectivity index (χ3n) is 2.90. The van der Waals surface area contributed by atoms with E-state index in [-0.39, 0.29) is 24.7 Å². The number of amides is 1. The van der Waals surface area contributed by atoms with E-state index in [1.165, 1.54) is 13.2 Å². The van der Waals surface area contributed by atoms with Crippen LogP contribution in [0.5, 0.6) is 11.5 Å². The monoisotopic (exact) mass is 295 g/mol. The highest BCUT2D eigenvalue weighted by Gasteiger charge is 2.16. The predicted molar refractivity (Wildman–Crippen MR) is 77.2 cm³/mol. The standard InChI is InChI=1S/C15H21NO5/c1-4-21-15(19)10(2)16-14(18)8-6-11-5-7-12(17)13(9-11)20-3/h5,7,9-10,17H,4,6,8H2,1-3H3,(H,16,18). The van der Waals surface area contributed by atoms with Crippen molar-refractivity contribution >= 4 is 11.9 Å². The summed E-state index contributed by atoms with van der Waals surface area (Å²) >= 11 is 0. The third kappa shape index (κ3) is 5.33. The molecule has 0 aliphatic heterocycles. The quantitative estimate of drug-likeness (QED) is 0.743. The van der Waals surface area contributed by atoms with Gasteiger partial charge in [-0.05, 0) is 38.0 Å². The molecule has 21 heavy (non-hydrogen) atoms. The highest BCUT2D eigenvalue weighted by Crippen LogP contribution is 2.26. The summed E-state index contributed by atoms with van der Waals surface area (Å²) in [5, 5.41) is 12.1. The molecule has 0 saturated heterocycles. The Labute approximate surface area is 124 Å². The largest absolute Gasteiger partial charge is 0.504 e. The Morgan fingerprint density at radius 3 is 2.71 bits per heavy atom. The normalized spacial score (nSPS) is 11.6. The molecule has 2 N–H and O–H groups in total. The summed E-state index contributed by atoms with van der Waals surface area (Å²) in [5.74, 6) is -0.255. The van der Waals surface area contributed by atoms with Crippen LogP contribution >= 0.6 is 0 Å². The van der Waals surface area contributed by atoms with Gasteiger partial charge in [0.15, 0.2) is 11.5 Å². The third-order valence-corrected chi connectivity index (χ3v) is 2.90. The smallest absolute Gasteiger partial charge is 0.328 e. The van der Waals surface area contributed by atoms with Crippen LogP contribution in [0, 0.1) is 0 Å². The number of nitrogens with one attached hydrogen (secondary N) is 1. The number of esters is 1. The van der Waals surface area contributed by atoms with E-state index in [0.717, 1.165) is 5.56 Å². The molecule has 0 aliphatic rings. The summed E-state index contributed by atoms with van der Waals surface area (Å²) in [4.78, 5) is 23.1. The van der Waals surface area contributed by atoms with Gasteiger partial charge in [0.05, 0.1) is 13.7 Å². The molecule has 6 heteroatoms. The molecular weight excluding hydrogens is 274 g/mol. The van der Waals surface area contributed by atoms with Crippen molar-refractivity contribution < 1.29 is 24.2 Å². The van der Waals surface area contributed by atoms with Gasteiger partial charge in [-0.1, -0.05) is 6.07 Å². The van der Waals surface area contributed by atoms with E-state index in [9.17, 15) is 14.7 Å². The number of methoxy groups -OCH3 is 1. The first-order valence-electron chi connectivity index (χ1n) is 6.79. The van der Waals surface area contributed by atoms with Gasteiger partial charge in [0, 0.05) is 6.42 Å².